The first-order chi connectivity index (χ1) is 12.2. The van der Waals surface area contributed by atoms with E-state index in [9.17, 15) is 5.11 Å². The number of fused-ring (bicyclic) bond motifs is 1. The summed E-state index contributed by atoms with van der Waals surface area (Å²) in [6.45, 7) is 0. The summed E-state index contributed by atoms with van der Waals surface area (Å²) in [6.07, 6.45) is 3.38. The van der Waals surface area contributed by atoms with Gasteiger partial charge in [0.15, 0.2) is 5.88 Å². The van der Waals surface area contributed by atoms with Gasteiger partial charge in [0.2, 0.25) is 0 Å². The molecule has 4 N–H and O–H groups in total. The summed E-state index contributed by atoms with van der Waals surface area (Å²) in [5, 5.41) is 11.4. The third-order valence-electron chi connectivity index (χ3n) is 3.99. The number of aromatic amines is 1. The number of nitrogen functional groups attached to an aromatic ring is 1. The summed E-state index contributed by atoms with van der Waals surface area (Å²) < 4.78 is 0. The van der Waals surface area contributed by atoms with Gasteiger partial charge in [-0.2, -0.15) is 0 Å². The summed E-state index contributed by atoms with van der Waals surface area (Å²) in [5.74, 6) is 0.0669. The van der Waals surface area contributed by atoms with Gasteiger partial charge >= 0.3 is 0 Å². The molecule has 122 valence electrons. The number of rotatable bonds is 3. The summed E-state index contributed by atoms with van der Waals surface area (Å²) >= 11 is 0. The van der Waals surface area contributed by atoms with Gasteiger partial charge in [0, 0.05) is 29.0 Å². The van der Waals surface area contributed by atoms with E-state index in [1.54, 1.807) is 18.5 Å². The quantitative estimate of drug-likeness (QED) is 0.392. The molecule has 0 amide bonds. The second-order valence-corrected chi connectivity index (χ2v) is 5.69. The van der Waals surface area contributed by atoms with E-state index in [4.69, 9.17) is 10.7 Å². The number of nitrogens with one attached hydrogen (secondary N) is 1. The zero-order valence-corrected chi connectivity index (χ0v) is 13.3. The van der Waals surface area contributed by atoms with Crippen LogP contribution in [0.15, 0.2) is 78.0 Å². The number of aliphatic imine (C=N–C) groups is 1. The van der Waals surface area contributed by atoms with Crippen LogP contribution in [0.1, 0.15) is 11.1 Å². The van der Waals surface area contributed by atoms with Gasteiger partial charge in [0.1, 0.15) is 0 Å². The largest absolute Gasteiger partial charge is 0.494 e. The van der Waals surface area contributed by atoms with Gasteiger partial charge < -0.3 is 15.8 Å². The first-order valence-electron chi connectivity index (χ1n) is 7.87. The number of hydrogen-bond donors (Lipinski definition) is 3. The smallest absolute Gasteiger partial charge is 0.199 e. The van der Waals surface area contributed by atoms with Crippen LogP contribution < -0.4 is 5.73 Å². The molecular formula is C20H16N4O. The minimum atomic E-state index is 0.0669. The number of nitrogens with two attached hydrogens (primary N) is 1. The molecule has 0 atom stereocenters. The van der Waals surface area contributed by atoms with E-state index in [1.165, 1.54) is 0 Å². The molecule has 5 heteroatoms. The lowest BCUT2D eigenvalue weighted by Crippen LogP contribution is -2.02. The lowest BCUT2D eigenvalue weighted by atomic mass is 10.0. The minimum Gasteiger partial charge on any atom is -0.494 e. The maximum absolute atomic E-state index is 10.5. The zero-order chi connectivity index (χ0) is 17.2. The monoisotopic (exact) mass is 328 g/mol. The highest BCUT2D eigenvalue weighted by Gasteiger charge is 2.18. The molecular weight excluding hydrogens is 312 g/mol. The van der Waals surface area contributed by atoms with Crippen molar-refractivity contribution in [2.75, 3.05) is 5.73 Å². The summed E-state index contributed by atoms with van der Waals surface area (Å²) in [4.78, 5) is 11.8. The minimum absolute atomic E-state index is 0.0669. The average molecular weight is 328 g/mol. The number of H-pyrrole nitrogens is 1. The van der Waals surface area contributed by atoms with Gasteiger partial charge in [0.05, 0.1) is 22.5 Å². The Morgan fingerprint density at radius 3 is 2.52 bits per heavy atom. The fourth-order valence-corrected chi connectivity index (χ4v) is 2.85. The van der Waals surface area contributed by atoms with Crippen molar-refractivity contribution in [3.63, 3.8) is 0 Å². The molecule has 0 radical (unpaired) electrons. The fourth-order valence-electron chi connectivity index (χ4n) is 2.85. The van der Waals surface area contributed by atoms with Crippen LogP contribution in [0, 0.1) is 0 Å². The molecule has 0 spiro atoms. The van der Waals surface area contributed by atoms with Crippen molar-refractivity contribution in [1.29, 1.82) is 0 Å². The number of aromatic hydroxyl groups is 1. The van der Waals surface area contributed by atoms with Crippen LogP contribution in [0.5, 0.6) is 5.88 Å². The van der Waals surface area contributed by atoms with Crippen LogP contribution in [0.3, 0.4) is 0 Å². The molecule has 0 aliphatic heterocycles. The molecule has 25 heavy (non-hydrogen) atoms. The van der Waals surface area contributed by atoms with E-state index < -0.39 is 0 Å². The second-order valence-electron chi connectivity index (χ2n) is 5.69. The Labute approximate surface area is 144 Å². The molecule has 2 heterocycles. The molecule has 4 rings (SSSR count). The second kappa shape index (κ2) is 6.13. The molecule has 0 unspecified atom stereocenters. The Bertz CT molecular complexity index is 1050. The normalized spacial score (nSPS) is 11.8. The van der Waals surface area contributed by atoms with Gasteiger partial charge in [0.25, 0.3) is 0 Å². The molecule has 0 aliphatic carbocycles. The van der Waals surface area contributed by atoms with E-state index in [1.807, 2.05) is 54.6 Å². The number of pyridine rings is 1. The molecule has 0 bridgehead atoms. The molecule has 0 saturated heterocycles. The predicted octanol–water partition coefficient (Wildman–Crippen LogP) is 4.02. The third-order valence-corrected chi connectivity index (χ3v) is 3.99. The molecule has 0 saturated carbocycles. The maximum atomic E-state index is 10.5. The number of anilines is 1. The maximum Gasteiger partial charge on any atom is 0.199 e. The Balaban J connectivity index is 1.99. The van der Waals surface area contributed by atoms with Crippen molar-refractivity contribution in [2.45, 2.75) is 0 Å². The van der Waals surface area contributed by atoms with Gasteiger partial charge in [-0.3, -0.25) is 4.98 Å². The van der Waals surface area contributed by atoms with E-state index in [0.29, 0.717) is 17.0 Å². The topological polar surface area (TPSA) is 87.3 Å². The van der Waals surface area contributed by atoms with Crippen LogP contribution in [-0.2, 0) is 0 Å². The Hall–Kier alpha value is -3.60. The van der Waals surface area contributed by atoms with Crippen LogP contribution >= 0.6 is 0 Å². The van der Waals surface area contributed by atoms with Gasteiger partial charge in [-0.05, 0) is 30.3 Å². The third kappa shape index (κ3) is 2.83. The fraction of sp³-hybridized carbons (Fsp3) is 0. The lowest BCUT2D eigenvalue weighted by Gasteiger charge is -2.07. The van der Waals surface area contributed by atoms with Crippen molar-refractivity contribution in [3.05, 3.63) is 84.2 Å². The molecule has 2 aromatic heterocycles. The molecule has 0 fully saturated rings. The number of benzene rings is 2. The number of aromatic nitrogens is 2. The van der Waals surface area contributed by atoms with Gasteiger partial charge in [-0.1, -0.05) is 30.3 Å². The number of nitrogens with zero attached hydrogens (tertiary/aromatic N) is 2. The highest BCUT2D eigenvalue weighted by molar-refractivity contribution is 6.22. The summed E-state index contributed by atoms with van der Waals surface area (Å²) in [7, 11) is 0. The van der Waals surface area contributed by atoms with Crippen LogP contribution in [0.25, 0.3) is 10.9 Å². The van der Waals surface area contributed by atoms with Crippen LogP contribution in [0.4, 0.5) is 11.4 Å². The average Bonchev–Trinajstić information content (AvgIpc) is 2.96. The van der Waals surface area contributed by atoms with Crippen molar-refractivity contribution in [2.24, 2.45) is 4.99 Å². The Kier molecular flexibility index (Phi) is 3.67. The first kappa shape index (κ1) is 15.0. The van der Waals surface area contributed by atoms with Gasteiger partial charge in [-0.25, -0.2) is 4.99 Å². The Morgan fingerprint density at radius 2 is 1.76 bits per heavy atom. The molecule has 5 nitrogen and oxygen atoms in total. The van der Waals surface area contributed by atoms with Crippen molar-refractivity contribution < 1.29 is 5.11 Å². The van der Waals surface area contributed by atoms with Crippen LogP contribution in [0.2, 0.25) is 0 Å². The SMILES string of the molecule is Nc1ccc2c(C(=Nc3ccncc3)c3ccccc3)c(O)[nH]c2c1. The van der Waals surface area contributed by atoms with Crippen LogP contribution in [-0.4, -0.2) is 20.8 Å². The molecule has 2 aromatic carbocycles. The zero-order valence-electron chi connectivity index (χ0n) is 13.3. The lowest BCUT2D eigenvalue weighted by molar-refractivity contribution is 0.457. The van der Waals surface area contributed by atoms with E-state index in [0.717, 1.165) is 22.2 Å². The Morgan fingerprint density at radius 1 is 1.00 bits per heavy atom. The summed E-state index contributed by atoms with van der Waals surface area (Å²) in [6, 6.07) is 18.9. The highest BCUT2D eigenvalue weighted by atomic mass is 16.3. The summed E-state index contributed by atoms with van der Waals surface area (Å²) in [5.41, 5.74) is 10.3. The standard InChI is InChI=1S/C20H16N4O/c21-14-6-7-16-17(12-14)24-20(25)18(16)19(13-4-2-1-3-5-13)23-15-8-10-22-11-9-15/h1-12,24-25H,21H2. The van der Waals surface area contributed by atoms with Crippen molar-refractivity contribution >= 4 is 28.0 Å². The predicted molar refractivity (Wildman–Crippen MR) is 100 cm³/mol. The first-order valence-corrected chi connectivity index (χ1v) is 7.87. The van der Waals surface area contributed by atoms with Crippen molar-refractivity contribution in [3.8, 4) is 5.88 Å². The van der Waals surface area contributed by atoms with Crippen molar-refractivity contribution in [1.82, 2.24) is 9.97 Å². The van der Waals surface area contributed by atoms with E-state index in [2.05, 4.69) is 9.97 Å². The molecule has 4 aromatic rings. The highest BCUT2D eigenvalue weighted by Crippen LogP contribution is 2.32. The molecule has 0 aliphatic rings. The van der Waals surface area contributed by atoms with E-state index >= 15 is 0 Å². The van der Waals surface area contributed by atoms with Gasteiger partial charge in [-0.15, -0.1) is 0 Å². The van der Waals surface area contributed by atoms with E-state index in [-0.39, 0.29) is 5.88 Å². The number of hydrogen-bond acceptors (Lipinski definition) is 4.